The van der Waals surface area contributed by atoms with Crippen molar-refractivity contribution in [3.05, 3.63) is 81.4 Å². The Labute approximate surface area is 163 Å². The molecule has 6 nitrogen and oxygen atoms in total. The first-order chi connectivity index (χ1) is 13.6. The van der Waals surface area contributed by atoms with Gasteiger partial charge < -0.3 is 10.6 Å². The average molecular weight is 377 g/mol. The minimum atomic E-state index is -0.355. The first kappa shape index (κ1) is 18.2. The Bertz CT molecular complexity index is 954. The van der Waals surface area contributed by atoms with Gasteiger partial charge in [0.15, 0.2) is 0 Å². The number of hydrogen-bond acceptors (Lipinski definition) is 4. The van der Waals surface area contributed by atoms with Crippen LogP contribution >= 0.6 is 0 Å². The number of carbonyl (C=O) groups is 1. The van der Waals surface area contributed by atoms with E-state index in [4.69, 9.17) is 0 Å². The number of anilines is 1. The van der Waals surface area contributed by atoms with Crippen molar-refractivity contribution in [2.24, 2.45) is 5.92 Å². The molecular formula is C22H23N3O3. The van der Waals surface area contributed by atoms with Crippen molar-refractivity contribution in [1.82, 2.24) is 5.32 Å². The minimum absolute atomic E-state index is 0.00725. The fourth-order valence-electron chi connectivity index (χ4n) is 4.24. The summed E-state index contributed by atoms with van der Waals surface area (Å²) in [4.78, 5) is 23.2. The molecule has 1 heterocycles. The highest BCUT2D eigenvalue weighted by atomic mass is 16.6. The molecule has 28 heavy (non-hydrogen) atoms. The molecule has 0 radical (unpaired) electrons. The van der Waals surface area contributed by atoms with Crippen LogP contribution in [0.3, 0.4) is 0 Å². The van der Waals surface area contributed by atoms with E-state index in [0.717, 1.165) is 29.7 Å². The van der Waals surface area contributed by atoms with Gasteiger partial charge in [-0.05, 0) is 48.1 Å². The van der Waals surface area contributed by atoms with Gasteiger partial charge in [-0.3, -0.25) is 14.9 Å². The number of fused-ring (bicyclic) bond motifs is 3. The summed E-state index contributed by atoms with van der Waals surface area (Å²) in [6, 6.07) is 12.6. The number of non-ortho nitro benzene ring substituents is 1. The summed E-state index contributed by atoms with van der Waals surface area (Å²) in [6.07, 6.45) is 6.16. The van der Waals surface area contributed by atoms with Crippen LogP contribution in [0.4, 0.5) is 11.4 Å². The van der Waals surface area contributed by atoms with Crippen LogP contribution < -0.4 is 10.6 Å². The van der Waals surface area contributed by atoms with E-state index < -0.39 is 0 Å². The van der Waals surface area contributed by atoms with Crippen LogP contribution in [-0.4, -0.2) is 17.4 Å². The Hall–Kier alpha value is -3.15. The van der Waals surface area contributed by atoms with E-state index in [9.17, 15) is 14.9 Å². The monoisotopic (exact) mass is 377 g/mol. The summed E-state index contributed by atoms with van der Waals surface area (Å²) in [5.41, 5.74) is 3.79. The molecule has 144 valence electrons. The molecule has 1 aliphatic heterocycles. The standard InChI is InChI=1S/C22H23N3O3/c1-2-11-23-22(26)15-9-10-20-19(13-15)17-7-4-8-18(17)21(24-20)14-5-3-6-16(12-14)25(27)28/h3-7,9-10,12-13,17-18,21,24H,2,8,11H2,1H3,(H,23,26). The predicted octanol–water partition coefficient (Wildman–Crippen LogP) is 4.56. The van der Waals surface area contributed by atoms with Gasteiger partial charge in [0.25, 0.3) is 11.6 Å². The van der Waals surface area contributed by atoms with Crippen molar-refractivity contribution in [2.45, 2.75) is 31.7 Å². The first-order valence-corrected chi connectivity index (χ1v) is 9.68. The summed E-state index contributed by atoms with van der Waals surface area (Å²) in [7, 11) is 0. The zero-order valence-electron chi connectivity index (χ0n) is 15.7. The third kappa shape index (κ3) is 3.26. The van der Waals surface area contributed by atoms with Gasteiger partial charge in [-0.15, -0.1) is 0 Å². The van der Waals surface area contributed by atoms with E-state index in [1.165, 1.54) is 6.07 Å². The second kappa shape index (κ2) is 7.46. The first-order valence-electron chi connectivity index (χ1n) is 9.68. The van der Waals surface area contributed by atoms with Crippen LogP contribution in [0.25, 0.3) is 0 Å². The molecule has 0 spiro atoms. The SMILES string of the molecule is CCCNC(=O)c1ccc2c(c1)C1C=CCC1C(c1cccc([N+](=O)[O-])c1)N2. The number of nitrogens with one attached hydrogen (secondary N) is 2. The van der Waals surface area contributed by atoms with Gasteiger partial charge in [0.05, 0.1) is 11.0 Å². The lowest BCUT2D eigenvalue weighted by atomic mass is 9.76. The molecule has 3 atom stereocenters. The molecular weight excluding hydrogens is 354 g/mol. The van der Waals surface area contributed by atoms with Crippen LogP contribution in [0.1, 0.15) is 53.2 Å². The Morgan fingerprint density at radius 2 is 2.14 bits per heavy atom. The molecule has 0 bridgehead atoms. The number of nitro benzene ring substituents is 1. The zero-order valence-corrected chi connectivity index (χ0v) is 15.7. The summed E-state index contributed by atoms with van der Waals surface area (Å²) < 4.78 is 0. The van der Waals surface area contributed by atoms with Crippen molar-refractivity contribution in [2.75, 3.05) is 11.9 Å². The molecule has 3 unspecified atom stereocenters. The average Bonchev–Trinajstić information content (AvgIpc) is 3.21. The van der Waals surface area contributed by atoms with E-state index in [0.29, 0.717) is 12.1 Å². The van der Waals surface area contributed by atoms with E-state index in [-0.39, 0.29) is 34.4 Å². The molecule has 1 amide bonds. The van der Waals surface area contributed by atoms with Gasteiger partial charge in [0.1, 0.15) is 0 Å². The van der Waals surface area contributed by atoms with Gasteiger partial charge in [-0.2, -0.15) is 0 Å². The normalized spacial score (nSPS) is 22.1. The van der Waals surface area contributed by atoms with Crippen molar-refractivity contribution in [1.29, 1.82) is 0 Å². The number of rotatable bonds is 5. The highest BCUT2D eigenvalue weighted by Crippen LogP contribution is 2.50. The molecule has 6 heteroatoms. The fraction of sp³-hybridized carbons (Fsp3) is 0.318. The molecule has 0 aromatic heterocycles. The highest BCUT2D eigenvalue weighted by molar-refractivity contribution is 5.95. The number of carbonyl (C=O) groups excluding carboxylic acids is 1. The number of hydrogen-bond donors (Lipinski definition) is 2. The number of nitrogens with zero attached hydrogens (tertiary/aromatic N) is 1. The lowest BCUT2D eigenvalue weighted by Crippen LogP contribution is -2.30. The topological polar surface area (TPSA) is 84.3 Å². The second-order valence-electron chi connectivity index (χ2n) is 7.39. The lowest BCUT2D eigenvalue weighted by molar-refractivity contribution is -0.384. The van der Waals surface area contributed by atoms with E-state index >= 15 is 0 Å². The molecule has 2 N–H and O–H groups in total. The van der Waals surface area contributed by atoms with Crippen LogP contribution in [0, 0.1) is 16.0 Å². The van der Waals surface area contributed by atoms with Crippen LogP contribution in [-0.2, 0) is 0 Å². The summed E-state index contributed by atoms with van der Waals surface area (Å²) >= 11 is 0. The minimum Gasteiger partial charge on any atom is -0.378 e. The largest absolute Gasteiger partial charge is 0.378 e. The van der Waals surface area contributed by atoms with Gasteiger partial charge in [0, 0.05) is 35.8 Å². The third-order valence-electron chi connectivity index (χ3n) is 5.60. The third-order valence-corrected chi connectivity index (χ3v) is 5.60. The number of allylic oxidation sites excluding steroid dienone is 2. The number of amides is 1. The van der Waals surface area contributed by atoms with Crippen molar-refractivity contribution < 1.29 is 9.72 Å². The van der Waals surface area contributed by atoms with Gasteiger partial charge in [-0.1, -0.05) is 31.2 Å². The van der Waals surface area contributed by atoms with Gasteiger partial charge in [-0.25, -0.2) is 0 Å². The Morgan fingerprint density at radius 3 is 2.93 bits per heavy atom. The molecule has 2 aliphatic rings. The lowest BCUT2D eigenvalue weighted by Gasteiger charge is -2.37. The van der Waals surface area contributed by atoms with Crippen LogP contribution in [0.5, 0.6) is 0 Å². The van der Waals surface area contributed by atoms with E-state index in [1.54, 1.807) is 12.1 Å². The molecule has 2 aromatic rings. The smallest absolute Gasteiger partial charge is 0.269 e. The number of benzene rings is 2. The zero-order chi connectivity index (χ0) is 19.7. The predicted molar refractivity (Wildman–Crippen MR) is 109 cm³/mol. The number of nitro groups is 1. The van der Waals surface area contributed by atoms with Crippen molar-refractivity contribution in [3.63, 3.8) is 0 Å². The maximum atomic E-state index is 12.4. The Morgan fingerprint density at radius 1 is 1.29 bits per heavy atom. The quantitative estimate of drug-likeness (QED) is 0.454. The molecule has 1 aliphatic carbocycles. The maximum absolute atomic E-state index is 12.4. The summed E-state index contributed by atoms with van der Waals surface area (Å²) in [5, 5.41) is 17.7. The Balaban J connectivity index is 1.67. The second-order valence-corrected chi connectivity index (χ2v) is 7.39. The molecule has 0 fully saturated rings. The fourth-order valence-corrected chi connectivity index (χ4v) is 4.24. The van der Waals surface area contributed by atoms with Crippen molar-refractivity contribution in [3.8, 4) is 0 Å². The highest BCUT2D eigenvalue weighted by Gasteiger charge is 2.38. The molecule has 0 saturated carbocycles. The van der Waals surface area contributed by atoms with Crippen molar-refractivity contribution >= 4 is 17.3 Å². The maximum Gasteiger partial charge on any atom is 0.269 e. The molecule has 0 saturated heterocycles. The van der Waals surface area contributed by atoms with E-state index in [2.05, 4.69) is 22.8 Å². The van der Waals surface area contributed by atoms with Crippen LogP contribution in [0.2, 0.25) is 0 Å². The Kier molecular flexibility index (Phi) is 4.86. The molecule has 4 rings (SSSR count). The van der Waals surface area contributed by atoms with Gasteiger partial charge in [0.2, 0.25) is 0 Å². The van der Waals surface area contributed by atoms with Crippen LogP contribution in [0.15, 0.2) is 54.6 Å². The molecule has 2 aromatic carbocycles. The summed E-state index contributed by atoms with van der Waals surface area (Å²) in [6.45, 7) is 2.69. The van der Waals surface area contributed by atoms with E-state index in [1.807, 2.05) is 31.2 Å². The van der Waals surface area contributed by atoms with Gasteiger partial charge >= 0.3 is 0 Å². The summed E-state index contributed by atoms with van der Waals surface area (Å²) in [5.74, 6) is 0.409.